The average Bonchev–Trinajstić information content (AvgIpc) is 3.14. The van der Waals surface area contributed by atoms with Crippen LogP contribution in [0.5, 0.6) is 0 Å². The molecule has 3 aromatic carbocycles. The number of hydrogen-bond donors (Lipinski definition) is 0. The molecule has 0 atom stereocenters. The number of aromatic nitrogens is 1. The van der Waals surface area contributed by atoms with Gasteiger partial charge in [0.25, 0.3) is 5.91 Å². The molecule has 0 aliphatic heterocycles. The molecule has 0 aliphatic carbocycles. The fourth-order valence-electron chi connectivity index (χ4n) is 3.01. The number of amides is 1. The monoisotopic (exact) mass is 500 g/mol. The summed E-state index contributed by atoms with van der Waals surface area (Å²) in [5.41, 5.74) is 2.05. The van der Waals surface area contributed by atoms with Gasteiger partial charge in [-0.05, 0) is 42.0 Å². The first kappa shape index (κ1) is 20.7. The Labute approximate surface area is 187 Å². The zero-order chi connectivity index (χ0) is 21.3. The second-order valence-electron chi connectivity index (χ2n) is 6.79. The fourth-order valence-corrected chi connectivity index (χ4v) is 5.19. The third kappa shape index (κ3) is 4.45. The van der Waals surface area contributed by atoms with Gasteiger partial charge in [-0.15, -0.1) is 0 Å². The van der Waals surface area contributed by atoms with E-state index in [1.165, 1.54) is 23.5 Å². The summed E-state index contributed by atoms with van der Waals surface area (Å²) in [5.74, 6) is -0.303. The van der Waals surface area contributed by atoms with Crippen LogP contribution in [0.15, 0.2) is 82.2 Å². The summed E-state index contributed by atoms with van der Waals surface area (Å²) in [7, 11) is -3.42. The normalized spacial score (nSPS) is 11.5. The first-order chi connectivity index (χ1) is 14.3. The second kappa shape index (κ2) is 8.29. The van der Waals surface area contributed by atoms with Crippen molar-refractivity contribution in [3.05, 3.63) is 88.4 Å². The summed E-state index contributed by atoms with van der Waals surface area (Å²) in [6.07, 6.45) is 1.13. The summed E-state index contributed by atoms with van der Waals surface area (Å²) in [6.45, 7) is 0.323. The molecule has 0 saturated carbocycles. The summed E-state index contributed by atoms with van der Waals surface area (Å²) in [6, 6.07) is 21.5. The van der Waals surface area contributed by atoms with Crippen LogP contribution in [-0.4, -0.2) is 25.6 Å². The second-order valence-corrected chi connectivity index (χ2v) is 10.7. The Morgan fingerprint density at radius 2 is 1.80 bits per heavy atom. The van der Waals surface area contributed by atoms with E-state index in [0.717, 1.165) is 26.5 Å². The van der Waals surface area contributed by atoms with Crippen LogP contribution in [-0.2, 0) is 16.4 Å². The van der Waals surface area contributed by atoms with E-state index in [1.54, 1.807) is 17.0 Å². The van der Waals surface area contributed by atoms with Gasteiger partial charge in [0.05, 0.1) is 21.7 Å². The lowest BCUT2D eigenvalue weighted by Crippen LogP contribution is -2.30. The Morgan fingerprint density at radius 1 is 1.03 bits per heavy atom. The summed E-state index contributed by atoms with van der Waals surface area (Å²) in [5, 5.41) is 0.557. The van der Waals surface area contributed by atoms with Crippen LogP contribution in [0, 0.1) is 0 Å². The third-order valence-corrected chi connectivity index (χ3v) is 7.15. The minimum Gasteiger partial charge on any atom is -0.279 e. The van der Waals surface area contributed by atoms with E-state index < -0.39 is 9.84 Å². The van der Waals surface area contributed by atoms with Gasteiger partial charge in [0.1, 0.15) is 0 Å². The van der Waals surface area contributed by atoms with E-state index in [1.807, 2.05) is 48.5 Å². The number of fused-ring (bicyclic) bond motifs is 1. The lowest BCUT2D eigenvalue weighted by Gasteiger charge is -2.20. The van der Waals surface area contributed by atoms with Gasteiger partial charge < -0.3 is 0 Å². The van der Waals surface area contributed by atoms with Crippen LogP contribution >= 0.6 is 27.3 Å². The summed E-state index contributed by atoms with van der Waals surface area (Å²) < 4.78 is 25.8. The van der Waals surface area contributed by atoms with Crippen LogP contribution in [0.4, 0.5) is 5.13 Å². The SMILES string of the molecule is CS(=O)(=O)c1cccc(C(=O)N(Cc2ccccc2)c2nc3ccc(Br)cc3s2)c1. The Hall–Kier alpha value is -2.55. The van der Waals surface area contributed by atoms with E-state index in [-0.39, 0.29) is 10.8 Å². The number of sulfone groups is 1. The Morgan fingerprint density at radius 3 is 2.53 bits per heavy atom. The largest absolute Gasteiger partial charge is 0.279 e. The van der Waals surface area contributed by atoms with Crippen LogP contribution in [0.2, 0.25) is 0 Å². The van der Waals surface area contributed by atoms with E-state index >= 15 is 0 Å². The molecule has 0 saturated heterocycles. The highest BCUT2D eigenvalue weighted by atomic mass is 79.9. The Balaban J connectivity index is 1.79. The molecule has 8 heteroatoms. The minimum atomic E-state index is -3.42. The van der Waals surface area contributed by atoms with Crippen molar-refractivity contribution in [2.45, 2.75) is 11.4 Å². The lowest BCUT2D eigenvalue weighted by molar-refractivity contribution is 0.0985. The molecule has 0 N–H and O–H groups in total. The minimum absolute atomic E-state index is 0.112. The Bertz CT molecular complexity index is 1340. The van der Waals surface area contributed by atoms with Crippen molar-refractivity contribution in [2.24, 2.45) is 0 Å². The Kier molecular flexibility index (Phi) is 5.73. The third-order valence-electron chi connectivity index (χ3n) is 4.51. The van der Waals surface area contributed by atoms with Gasteiger partial charge in [-0.3, -0.25) is 9.69 Å². The number of thiazole rings is 1. The average molecular weight is 501 g/mol. The van der Waals surface area contributed by atoms with Gasteiger partial charge in [-0.2, -0.15) is 0 Å². The van der Waals surface area contributed by atoms with Gasteiger partial charge in [-0.1, -0.05) is 63.7 Å². The molecule has 1 heterocycles. The number of rotatable bonds is 5. The van der Waals surface area contributed by atoms with Gasteiger partial charge in [0.2, 0.25) is 0 Å². The zero-order valence-electron chi connectivity index (χ0n) is 15.9. The predicted octanol–water partition coefficient (Wildman–Crippen LogP) is 5.31. The maximum atomic E-state index is 13.5. The molecule has 1 aromatic heterocycles. The zero-order valence-corrected chi connectivity index (χ0v) is 19.2. The highest BCUT2D eigenvalue weighted by Crippen LogP contribution is 2.32. The molecule has 152 valence electrons. The molecule has 0 unspecified atom stereocenters. The molecular weight excluding hydrogens is 484 g/mol. The number of carbonyl (C=O) groups is 1. The van der Waals surface area contributed by atoms with Gasteiger partial charge in [0.15, 0.2) is 15.0 Å². The molecule has 5 nitrogen and oxygen atoms in total. The maximum Gasteiger partial charge on any atom is 0.260 e. The van der Waals surface area contributed by atoms with E-state index in [2.05, 4.69) is 20.9 Å². The van der Waals surface area contributed by atoms with Crippen LogP contribution in [0.1, 0.15) is 15.9 Å². The number of carbonyl (C=O) groups excluding carboxylic acids is 1. The van der Waals surface area contributed by atoms with E-state index in [9.17, 15) is 13.2 Å². The number of anilines is 1. The molecule has 0 bridgehead atoms. The maximum absolute atomic E-state index is 13.5. The van der Waals surface area contributed by atoms with Crippen molar-refractivity contribution in [2.75, 3.05) is 11.2 Å². The van der Waals surface area contributed by atoms with Gasteiger partial charge in [-0.25, -0.2) is 13.4 Å². The van der Waals surface area contributed by atoms with Crippen molar-refractivity contribution < 1.29 is 13.2 Å². The predicted molar refractivity (Wildman–Crippen MR) is 124 cm³/mol. The highest BCUT2D eigenvalue weighted by Gasteiger charge is 2.23. The number of nitrogens with zero attached hydrogens (tertiary/aromatic N) is 2. The molecule has 0 aliphatic rings. The molecule has 0 spiro atoms. The first-order valence-corrected chi connectivity index (χ1v) is 12.5. The smallest absolute Gasteiger partial charge is 0.260 e. The molecule has 0 fully saturated rings. The molecular formula is C22H17BrN2O3S2. The first-order valence-electron chi connectivity index (χ1n) is 9.03. The van der Waals surface area contributed by atoms with Crippen LogP contribution < -0.4 is 4.90 Å². The molecule has 0 radical (unpaired) electrons. The fraction of sp³-hybridized carbons (Fsp3) is 0.0909. The molecule has 30 heavy (non-hydrogen) atoms. The quantitative estimate of drug-likeness (QED) is 0.372. The van der Waals surface area contributed by atoms with Crippen LogP contribution in [0.25, 0.3) is 10.2 Å². The lowest BCUT2D eigenvalue weighted by atomic mass is 10.1. The number of hydrogen-bond acceptors (Lipinski definition) is 5. The topological polar surface area (TPSA) is 67.3 Å². The number of halogens is 1. The highest BCUT2D eigenvalue weighted by molar-refractivity contribution is 9.10. The van der Waals surface area contributed by atoms with Crippen molar-refractivity contribution in [3.63, 3.8) is 0 Å². The molecule has 4 rings (SSSR count). The summed E-state index contributed by atoms with van der Waals surface area (Å²) >= 11 is 4.88. The van der Waals surface area contributed by atoms with E-state index in [4.69, 9.17) is 0 Å². The van der Waals surface area contributed by atoms with E-state index in [0.29, 0.717) is 17.2 Å². The van der Waals surface area contributed by atoms with Crippen molar-refractivity contribution in [3.8, 4) is 0 Å². The standard InChI is InChI=1S/C22H17BrN2O3S2/c1-30(27,28)18-9-5-8-16(12-18)21(26)25(14-15-6-3-2-4-7-15)22-24-19-11-10-17(23)13-20(19)29-22/h2-13H,14H2,1H3. The molecule has 1 amide bonds. The summed E-state index contributed by atoms with van der Waals surface area (Å²) in [4.78, 5) is 19.8. The van der Waals surface area contributed by atoms with Crippen LogP contribution in [0.3, 0.4) is 0 Å². The molecule has 4 aromatic rings. The number of benzene rings is 3. The van der Waals surface area contributed by atoms with Crippen molar-refractivity contribution >= 4 is 58.4 Å². The van der Waals surface area contributed by atoms with Gasteiger partial charge in [0, 0.05) is 16.3 Å². The van der Waals surface area contributed by atoms with Crippen molar-refractivity contribution in [1.29, 1.82) is 0 Å². The van der Waals surface area contributed by atoms with Gasteiger partial charge >= 0.3 is 0 Å². The van der Waals surface area contributed by atoms with Crippen molar-refractivity contribution in [1.82, 2.24) is 4.98 Å².